The number of halogens is 1. The van der Waals surface area contributed by atoms with E-state index in [0.29, 0.717) is 0 Å². The molecule has 0 spiro atoms. The summed E-state index contributed by atoms with van der Waals surface area (Å²) >= 11 is 0. The van der Waals surface area contributed by atoms with Crippen LogP contribution in [-0.2, 0) is 4.57 Å². The highest BCUT2D eigenvalue weighted by molar-refractivity contribution is 7.45. The van der Waals surface area contributed by atoms with Gasteiger partial charge in [-0.25, -0.2) is 4.57 Å². The van der Waals surface area contributed by atoms with E-state index < -0.39 is 7.91 Å². The van der Waals surface area contributed by atoms with Crippen molar-refractivity contribution in [2.75, 3.05) is 13.1 Å². The Kier molecular flexibility index (Phi) is 46.7. The highest BCUT2D eigenvalue weighted by Crippen LogP contribution is 2.35. The summed E-state index contributed by atoms with van der Waals surface area (Å²) in [6.07, 6.45) is 42.7. The van der Waals surface area contributed by atoms with Gasteiger partial charge in [-0.1, -0.05) is 194 Å². The van der Waals surface area contributed by atoms with Gasteiger partial charge < -0.3 is 11.5 Å². The molecule has 0 aliphatic carbocycles. The zero-order valence-electron chi connectivity index (χ0n) is 27.9. The molecule has 0 heterocycles. The molecule has 0 saturated heterocycles. The molecule has 252 valence electrons. The Balaban J connectivity index is -0.000000606. The molecule has 0 aromatic rings. The Morgan fingerprint density at radius 3 is 0.634 bits per heavy atom. The fourth-order valence-corrected chi connectivity index (χ4v) is 5.03. The highest BCUT2D eigenvalue weighted by atomic mass is 31.2. The first kappa shape index (κ1) is 45.4. The van der Waals surface area contributed by atoms with Crippen molar-refractivity contribution < 1.29 is 18.5 Å². The second-order valence-electron chi connectivity index (χ2n) is 11.9. The minimum absolute atomic E-state index is 0.873. The fourth-order valence-electron chi connectivity index (χ4n) is 5.03. The summed E-state index contributed by atoms with van der Waals surface area (Å²) < 4.78 is 19.0. The molecule has 0 bridgehead atoms. The molecule has 0 aliphatic rings. The molecule has 0 unspecified atom stereocenters. The standard InChI is InChI=1S/C18H39N.C16H35N.FH2O3P/c1-2-3-4-5-6-7-8-9-10-11-12-13-14-15-16-17-18-19;1-2-3-4-5-6-7-8-9-10-11-12-13-14-15-16-17;1-5(2,3)4/h2-19H2,1H3;2-17H2,1H3;(H2,2,3,4). The number of rotatable bonds is 30. The van der Waals surface area contributed by atoms with E-state index in [0.717, 1.165) is 13.1 Å². The van der Waals surface area contributed by atoms with E-state index in [2.05, 4.69) is 13.8 Å². The molecule has 0 aromatic carbocycles. The number of unbranched alkanes of at least 4 members (excludes halogenated alkanes) is 28. The third-order valence-electron chi connectivity index (χ3n) is 7.62. The molecule has 0 atom stereocenters. The van der Waals surface area contributed by atoms with Crippen molar-refractivity contribution in [3.05, 3.63) is 0 Å². The quantitative estimate of drug-likeness (QED) is 0.0478. The molecule has 5 nitrogen and oxygen atoms in total. The Morgan fingerprint density at radius 2 is 0.512 bits per heavy atom. The van der Waals surface area contributed by atoms with Crippen LogP contribution in [0, 0.1) is 0 Å². The van der Waals surface area contributed by atoms with E-state index >= 15 is 0 Å². The molecular weight excluding hydrogens is 534 g/mol. The Labute approximate surface area is 257 Å². The van der Waals surface area contributed by atoms with Crippen LogP contribution in [-0.4, -0.2) is 22.9 Å². The van der Waals surface area contributed by atoms with Gasteiger partial charge in [0, 0.05) is 0 Å². The second-order valence-corrected chi connectivity index (χ2v) is 12.9. The summed E-state index contributed by atoms with van der Waals surface area (Å²) in [7, 11) is -5.14. The molecule has 0 fully saturated rings. The van der Waals surface area contributed by atoms with E-state index in [-0.39, 0.29) is 0 Å². The maximum atomic E-state index is 10.4. The van der Waals surface area contributed by atoms with Gasteiger partial charge in [-0.15, -0.1) is 4.20 Å². The molecule has 0 rings (SSSR count). The monoisotopic (exact) mass is 611 g/mol. The fraction of sp³-hybridized carbons (Fsp3) is 1.00. The van der Waals surface area contributed by atoms with Gasteiger partial charge >= 0.3 is 7.91 Å². The minimum atomic E-state index is -5.14. The maximum absolute atomic E-state index is 10.4. The van der Waals surface area contributed by atoms with Crippen LogP contribution in [0.25, 0.3) is 0 Å². The predicted molar refractivity (Wildman–Crippen MR) is 181 cm³/mol. The summed E-state index contributed by atoms with van der Waals surface area (Å²) in [6, 6.07) is 0. The van der Waals surface area contributed by atoms with Crippen molar-refractivity contribution >= 4 is 7.91 Å². The van der Waals surface area contributed by atoms with Gasteiger partial charge in [0.15, 0.2) is 0 Å². The lowest BCUT2D eigenvalue weighted by Gasteiger charge is -2.03. The maximum Gasteiger partial charge on any atom is 0.507 e. The Morgan fingerprint density at radius 1 is 0.390 bits per heavy atom. The Bertz CT molecular complexity index is 443. The van der Waals surface area contributed by atoms with Gasteiger partial charge in [0.1, 0.15) is 0 Å². The zero-order chi connectivity index (χ0) is 31.1. The van der Waals surface area contributed by atoms with Crippen molar-refractivity contribution in [2.24, 2.45) is 11.5 Å². The largest absolute Gasteiger partial charge is 0.507 e. The van der Waals surface area contributed by atoms with E-state index in [1.54, 1.807) is 0 Å². The molecule has 41 heavy (non-hydrogen) atoms. The van der Waals surface area contributed by atoms with Gasteiger partial charge in [0.05, 0.1) is 0 Å². The van der Waals surface area contributed by atoms with Gasteiger partial charge in [0.25, 0.3) is 0 Å². The molecule has 7 heteroatoms. The lowest BCUT2D eigenvalue weighted by Crippen LogP contribution is -1.97. The van der Waals surface area contributed by atoms with Crippen LogP contribution in [0.3, 0.4) is 0 Å². The summed E-state index contributed by atoms with van der Waals surface area (Å²) in [5.41, 5.74) is 11.0. The first-order valence-electron chi connectivity index (χ1n) is 18.0. The van der Waals surface area contributed by atoms with E-state index in [4.69, 9.17) is 25.8 Å². The summed E-state index contributed by atoms with van der Waals surface area (Å²) in [4.78, 5) is 13.9. The molecule has 0 aliphatic heterocycles. The van der Waals surface area contributed by atoms with Crippen LogP contribution in [0.5, 0.6) is 0 Å². The van der Waals surface area contributed by atoms with Crippen LogP contribution >= 0.6 is 7.91 Å². The van der Waals surface area contributed by atoms with Crippen molar-refractivity contribution in [1.82, 2.24) is 0 Å². The summed E-state index contributed by atoms with van der Waals surface area (Å²) in [5, 5.41) is 0. The van der Waals surface area contributed by atoms with Gasteiger partial charge in [0.2, 0.25) is 0 Å². The molecule has 0 amide bonds. The first-order valence-corrected chi connectivity index (χ1v) is 19.5. The van der Waals surface area contributed by atoms with Crippen LogP contribution in [0.2, 0.25) is 0 Å². The van der Waals surface area contributed by atoms with Crippen molar-refractivity contribution in [3.8, 4) is 0 Å². The smallest absolute Gasteiger partial charge is 0.330 e. The second kappa shape index (κ2) is 42.1. The average Bonchev–Trinajstić information content (AvgIpc) is 2.93. The predicted octanol–water partition coefficient (Wildman–Crippen LogP) is 11.7. The molecule has 6 N–H and O–H groups in total. The van der Waals surface area contributed by atoms with Crippen molar-refractivity contribution in [3.63, 3.8) is 0 Å². The van der Waals surface area contributed by atoms with Crippen LogP contribution in [0.15, 0.2) is 0 Å². The third kappa shape index (κ3) is 64.2. The van der Waals surface area contributed by atoms with Crippen LogP contribution in [0.1, 0.15) is 206 Å². The number of hydrogen-bond acceptors (Lipinski definition) is 3. The highest BCUT2D eigenvalue weighted by Gasteiger charge is 2.04. The van der Waals surface area contributed by atoms with E-state index in [1.165, 1.54) is 193 Å². The molecular formula is C34H76FN2O3P. The van der Waals surface area contributed by atoms with Crippen LogP contribution < -0.4 is 11.5 Å². The number of hydrogen-bond donors (Lipinski definition) is 4. The van der Waals surface area contributed by atoms with Crippen molar-refractivity contribution in [2.45, 2.75) is 206 Å². The van der Waals surface area contributed by atoms with E-state index in [9.17, 15) is 4.20 Å². The third-order valence-corrected chi connectivity index (χ3v) is 7.62. The average molecular weight is 611 g/mol. The lowest BCUT2D eigenvalue weighted by atomic mass is 10.0. The molecule has 0 aromatic heterocycles. The number of nitrogens with two attached hydrogens (primary N) is 2. The normalized spacial score (nSPS) is 11.1. The summed E-state index contributed by atoms with van der Waals surface area (Å²) in [5.74, 6) is 0. The van der Waals surface area contributed by atoms with Crippen molar-refractivity contribution in [1.29, 1.82) is 0 Å². The van der Waals surface area contributed by atoms with E-state index in [1.807, 2.05) is 0 Å². The molecule has 0 radical (unpaired) electrons. The minimum Gasteiger partial charge on any atom is -0.330 e. The lowest BCUT2D eigenvalue weighted by molar-refractivity contribution is 0.322. The van der Waals surface area contributed by atoms with Crippen LogP contribution in [0.4, 0.5) is 4.20 Å². The topological polar surface area (TPSA) is 110 Å². The Hall–Kier alpha value is -0.0000000000000000555. The summed E-state index contributed by atoms with van der Waals surface area (Å²) in [6.45, 7) is 6.32. The first-order chi connectivity index (χ1) is 19.8. The van der Waals surface area contributed by atoms with Gasteiger partial charge in [-0.3, -0.25) is 9.79 Å². The zero-order valence-corrected chi connectivity index (χ0v) is 28.8. The van der Waals surface area contributed by atoms with Gasteiger partial charge in [-0.05, 0) is 25.9 Å². The molecule has 0 saturated carbocycles. The van der Waals surface area contributed by atoms with Gasteiger partial charge in [-0.2, -0.15) is 0 Å². The SMILES string of the molecule is CCCCCCCCCCCCCCCCCCN.CCCCCCCCCCCCCCCCN.O=P(O)(O)F.